The molecule has 0 aliphatic carbocycles. The third kappa shape index (κ3) is 2.65. The zero-order valence-electron chi connectivity index (χ0n) is 10.5. The summed E-state index contributed by atoms with van der Waals surface area (Å²) in [6.07, 6.45) is 1.29. The van der Waals surface area contributed by atoms with Crippen LogP contribution >= 0.6 is 11.3 Å². The fourth-order valence-corrected chi connectivity index (χ4v) is 3.42. The van der Waals surface area contributed by atoms with Crippen LogP contribution in [0.3, 0.4) is 0 Å². The van der Waals surface area contributed by atoms with Crippen LogP contribution in [0.25, 0.3) is 0 Å². The zero-order chi connectivity index (χ0) is 11.5. The SMILES string of the molecule is CCNC1CCN(C(C)c2ccc(C)s2)C1. The van der Waals surface area contributed by atoms with E-state index in [1.54, 1.807) is 0 Å². The molecule has 2 rings (SSSR count). The van der Waals surface area contributed by atoms with Gasteiger partial charge in [0.2, 0.25) is 0 Å². The molecule has 2 atom stereocenters. The van der Waals surface area contributed by atoms with Gasteiger partial charge in [0, 0.05) is 34.9 Å². The molecule has 0 spiro atoms. The van der Waals surface area contributed by atoms with Crippen molar-refractivity contribution in [2.24, 2.45) is 0 Å². The van der Waals surface area contributed by atoms with Gasteiger partial charge in [-0.25, -0.2) is 0 Å². The monoisotopic (exact) mass is 238 g/mol. The molecule has 2 heterocycles. The summed E-state index contributed by atoms with van der Waals surface area (Å²) >= 11 is 1.94. The minimum absolute atomic E-state index is 0.586. The first-order valence-corrected chi connectivity index (χ1v) is 7.06. The van der Waals surface area contributed by atoms with Gasteiger partial charge in [0.15, 0.2) is 0 Å². The van der Waals surface area contributed by atoms with Crippen LogP contribution in [0, 0.1) is 6.92 Å². The molecule has 0 amide bonds. The van der Waals surface area contributed by atoms with E-state index in [2.05, 4.69) is 43.1 Å². The summed E-state index contributed by atoms with van der Waals surface area (Å²) in [6, 6.07) is 5.80. The maximum atomic E-state index is 3.55. The second-order valence-electron chi connectivity index (χ2n) is 4.66. The second-order valence-corrected chi connectivity index (χ2v) is 5.98. The predicted molar refractivity (Wildman–Crippen MR) is 71.1 cm³/mol. The van der Waals surface area contributed by atoms with E-state index in [1.165, 1.54) is 29.3 Å². The Hall–Kier alpha value is -0.380. The lowest BCUT2D eigenvalue weighted by atomic mass is 10.2. The van der Waals surface area contributed by atoms with E-state index < -0.39 is 0 Å². The molecule has 1 aromatic rings. The molecule has 16 heavy (non-hydrogen) atoms. The number of hydrogen-bond acceptors (Lipinski definition) is 3. The largest absolute Gasteiger partial charge is 0.313 e. The van der Waals surface area contributed by atoms with Gasteiger partial charge in [0.05, 0.1) is 0 Å². The predicted octanol–water partition coefficient (Wildman–Crippen LogP) is 2.80. The van der Waals surface area contributed by atoms with E-state index in [0.29, 0.717) is 12.1 Å². The van der Waals surface area contributed by atoms with E-state index in [4.69, 9.17) is 0 Å². The van der Waals surface area contributed by atoms with Gasteiger partial charge in [-0.15, -0.1) is 11.3 Å². The van der Waals surface area contributed by atoms with Crippen molar-refractivity contribution in [2.45, 2.75) is 39.3 Å². The van der Waals surface area contributed by atoms with Crippen LogP contribution in [0.2, 0.25) is 0 Å². The lowest BCUT2D eigenvalue weighted by molar-refractivity contribution is 0.259. The van der Waals surface area contributed by atoms with Crippen molar-refractivity contribution in [2.75, 3.05) is 19.6 Å². The first-order chi connectivity index (χ1) is 7.70. The number of aryl methyl sites for hydroxylation is 1. The standard InChI is InChI=1S/C13H22N2S/c1-4-14-12-7-8-15(9-12)11(3)13-6-5-10(2)16-13/h5-6,11-12,14H,4,7-9H2,1-3H3. The normalized spacial score (nSPS) is 23.8. The molecule has 2 unspecified atom stereocenters. The summed E-state index contributed by atoms with van der Waals surface area (Å²) in [6.45, 7) is 10.2. The Labute approximate surface area is 103 Å². The summed E-state index contributed by atoms with van der Waals surface area (Å²) in [5.74, 6) is 0. The molecule has 1 aliphatic rings. The third-order valence-electron chi connectivity index (χ3n) is 3.43. The zero-order valence-corrected chi connectivity index (χ0v) is 11.3. The van der Waals surface area contributed by atoms with Crippen LogP contribution in [0.4, 0.5) is 0 Å². The highest BCUT2D eigenvalue weighted by Gasteiger charge is 2.26. The number of likely N-dealkylation sites (N-methyl/N-ethyl adjacent to an activating group) is 1. The average Bonchev–Trinajstić information content (AvgIpc) is 2.87. The summed E-state index contributed by atoms with van der Waals surface area (Å²) in [5.41, 5.74) is 0. The molecule has 0 saturated carbocycles. The Morgan fingerprint density at radius 1 is 1.56 bits per heavy atom. The van der Waals surface area contributed by atoms with Crippen LogP contribution < -0.4 is 5.32 Å². The molecule has 1 N–H and O–H groups in total. The van der Waals surface area contributed by atoms with Crippen molar-refractivity contribution in [3.05, 3.63) is 21.9 Å². The van der Waals surface area contributed by atoms with E-state index in [1.807, 2.05) is 11.3 Å². The Morgan fingerprint density at radius 2 is 2.38 bits per heavy atom. The molecule has 0 aromatic carbocycles. The fraction of sp³-hybridized carbons (Fsp3) is 0.692. The molecular weight excluding hydrogens is 216 g/mol. The van der Waals surface area contributed by atoms with Crippen LogP contribution in [0.1, 0.15) is 36.1 Å². The van der Waals surface area contributed by atoms with Crippen LogP contribution in [-0.2, 0) is 0 Å². The smallest absolute Gasteiger partial charge is 0.0414 e. The van der Waals surface area contributed by atoms with Crippen LogP contribution in [0.15, 0.2) is 12.1 Å². The number of nitrogens with one attached hydrogen (secondary N) is 1. The summed E-state index contributed by atoms with van der Waals surface area (Å²) in [4.78, 5) is 5.53. The Bertz CT molecular complexity index is 334. The number of nitrogens with zero attached hydrogens (tertiary/aromatic N) is 1. The molecule has 2 nitrogen and oxygen atoms in total. The van der Waals surface area contributed by atoms with Crippen LogP contribution in [0.5, 0.6) is 0 Å². The molecule has 0 bridgehead atoms. The number of thiophene rings is 1. The highest BCUT2D eigenvalue weighted by molar-refractivity contribution is 7.12. The first-order valence-electron chi connectivity index (χ1n) is 6.24. The Balaban J connectivity index is 1.94. The fourth-order valence-electron chi connectivity index (χ4n) is 2.45. The number of rotatable bonds is 4. The topological polar surface area (TPSA) is 15.3 Å². The summed E-state index contributed by atoms with van der Waals surface area (Å²) < 4.78 is 0. The van der Waals surface area contributed by atoms with Crippen molar-refractivity contribution < 1.29 is 0 Å². The third-order valence-corrected chi connectivity index (χ3v) is 4.60. The molecular formula is C13H22N2S. The maximum Gasteiger partial charge on any atom is 0.0414 e. The van der Waals surface area contributed by atoms with Crippen molar-refractivity contribution >= 4 is 11.3 Å². The maximum absolute atomic E-state index is 3.55. The lowest BCUT2D eigenvalue weighted by Crippen LogP contribution is -2.33. The van der Waals surface area contributed by atoms with E-state index >= 15 is 0 Å². The van der Waals surface area contributed by atoms with E-state index in [9.17, 15) is 0 Å². The van der Waals surface area contributed by atoms with Gasteiger partial charge < -0.3 is 5.32 Å². The molecule has 1 fully saturated rings. The van der Waals surface area contributed by atoms with Gasteiger partial charge in [-0.1, -0.05) is 6.92 Å². The van der Waals surface area contributed by atoms with Crippen molar-refractivity contribution in [3.8, 4) is 0 Å². The van der Waals surface area contributed by atoms with Crippen molar-refractivity contribution in [1.82, 2.24) is 10.2 Å². The number of likely N-dealkylation sites (tertiary alicyclic amines) is 1. The molecule has 1 saturated heterocycles. The Morgan fingerprint density at radius 3 is 3.00 bits per heavy atom. The first kappa shape index (κ1) is 12.1. The van der Waals surface area contributed by atoms with Gasteiger partial charge >= 0.3 is 0 Å². The minimum Gasteiger partial charge on any atom is -0.313 e. The molecule has 90 valence electrons. The van der Waals surface area contributed by atoms with Crippen LogP contribution in [-0.4, -0.2) is 30.6 Å². The highest BCUT2D eigenvalue weighted by Crippen LogP contribution is 2.29. The minimum atomic E-state index is 0.586. The van der Waals surface area contributed by atoms with E-state index in [0.717, 1.165) is 6.54 Å². The molecule has 1 aliphatic heterocycles. The average molecular weight is 238 g/mol. The number of hydrogen-bond donors (Lipinski definition) is 1. The van der Waals surface area contributed by atoms with Gasteiger partial charge in [-0.3, -0.25) is 4.90 Å². The van der Waals surface area contributed by atoms with E-state index in [-0.39, 0.29) is 0 Å². The molecule has 0 radical (unpaired) electrons. The lowest BCUT2D eigenvalue weighted by Gasteiger charge is -2.23. The van der Waals surface area contributed by atoms with Gasteiger partial charge in [-0.05, 0) is 38.9 Å². The molecule has 3 heteroatoms. The summed E-state index contributed by atoms with van der Waals surface area (Å²) in [7, 11) is 0. The second kappa shape index (κ2) is 5.30. The van der Waals surface area contributed by atoms with Gasteiger partial charge in [-0.2, -0.15) is 0 Å². The van der Waals surface area contributed by atoms with Crippen molar-refractivity contribution in [1.29, 1.82) is 0 Å². The Kier molecular flexibility index (Phi) is 4.00. The quantitative estimate of drug-likeness (QED) is 0.868. The highest BCUT2D eigenvalue weighted by atomic mass is 32.1. The van der Waals surface area contributed by atoms with Gasteiger partial charge in [0.1, 0.15) is 0 Å². The molecule has 1 aromatic heterocycles. The van der Waals surface area contributed by atoms with Crippen molar-refractivity contribution in [3.63, 3.8) is 0 Å². The van der Waals surface area contributed by atoms with Gasteiger partial charge in [0.25, 0.3) is 0 Å². The summed E-state index contributed by atoms with van der Waals surface area (Å²) in [5, 5.41) is 3.55.